The Morgan fingerprint density at radius 3 is 2.60 bits per heavy atom. The average Bonchev–Trinajstić information content (AvgIpc) is 2.60. The van der Waals surface area contributed by atoms with Gasteiger partial charge >= 0.3 is 0 Å². The number of guanidine groups is 1. The van der Waals surface area contributed by atoms with E-state index in [2.05, 4.69) is 15.6 Å². The molecule has 2 aromatic carbocycles. The van der Waals surface area contributed by atoms with E-state index >= 15 is 0 Å². The van der Waals surface area contributed by atoms with Crippen LogP contribution in [-0.4, -0.2) is 26.2 Å². The van der Waals surface area contributed by atoms with E-state index in [-0.39, 0.29) is 11.6 Å². The van der Waals surface area contributed by atoms with Gasteiger partial charge in [0.15, 0.2) is 17.5 Å². The standard InChI is InChI=1S/C19H23F2N3O/c1-3-22-19(23-10-9-14-5-4-6-16(20)11-14)24-13-15-7-8-18(25-2)17(21)12-15/h4-8,11-12H,3,9-10,13H2,1-2H3,(H2,22,23,24). The number of benzene rings is 2. The molecule has 0 heterocycles. The molecular weight excluding hydrogens is 324 g/mol. The van der Waals surface area contributed by atoms with Crippen molar-refractivity contribution in [2.45, 2.75) is 19.9 Å². The molecule has 0 radical (unpaired) electrons. The first-order valence-corrected chi connectivity index (χ1v) is 8.21. The van der Waals surface area contributed by atoms with Gasteiger partial charge in [0.25, 0.3) is 0 Å². The van der Waals surface area contributed by atoms with Gasteiger partial charge in [-0.25, -0.2) is 13.8 Å². The molecule has 0 aromatic heterocycles. The van der Waals surface area contributed by atoms with Crippen LogP contribution < -0.4 is 15.4 Å². The Kier molecular flexibility index (Phi) is 7.19. The van der Waals surface area contributed by atoms with Gasteiger partial charge in [-0.2, -0.15) is 0 Å². The molecule has 0 aliphatic heterocycles. The molecule has 0 unspecified atom stereocenters. The summed E-state index contributed by atoms with van der Waals surface area (Å²) in [5.41, 5.74) is 1.67. The van der Waals surface area contributed by atoms with E-state index in [0.717, 1.165) is 11.1 Å². The largest absolute Gasteiger partial charge is 0.494 e. The van der Waals surface area contributed by atoms with Crippen LogP contribution in [0.4, 0.5) is 8.78 Å². The lowest BCUT2D eigenvalue weighted by molar-refractivity contribution is 0.386. The minimum atomic E-state index is -0.403. The first-order chi connectivity index (χ1) is 12.1. The average molecular weight is 347 g/mol. The number of hydrogen-bond donors (Lipinski definition) is 2. The first kappa shape index (κ1) is 18.7. The second-order valence-corrected chi connectivity index (χ2v) is 5.47. The highest BCUT2D eigenvalue weighted by Gasteiger charge is 2.04. The molecule has 6 heteroatoms. The van der Waals surface area contributed by atoms with Crippen molar-refractivity contribution in [2.24, 2.45) is 4.99 Å². The molecule has 0 bridgehead atoms. The second-order valence-electron chi connectivity index (χ2n) is 5.47. The molecule has 25 heavy (non-hydrogen) atoms. The van der Waals surface area contributed by atoms with Crippen LogP contribution in [0.25, 0.3) is 0 Å². The van der Waals surface area contributed by atoms with Crippen molar-refractivity contribution in [1.82, 2.24) is 10.6 Å². The lowest BCUT2D eigenvalue weighted by atomic mass is 10.1. The van der Waals surface area contributed by atoms with E-state index in [9.17, 15) is 8.78 Å². The van der Waals surface area contributed by atoms with Gasteiger partial charge in [0, 0.05) is 13.1 Å². The number of ether oxygens (including phenoxy) is 1. The van der Waals surface area contributed by atoms with Gasteiger partial charge < -0.3 is 15.4 Å². The predicted molar refractivity (Wildman–Crippen MR) is 95.9 cm³/mol. The van der Waals surface area contributed by atoms with Crippen LogP contribution in [0.15, 0.2) is 47.5 Å². The smallest absolute Gasteiger partial charge is 0.191 e. The molecule has 0 spiro atoms. The van der Waals surface area contributed by atoms with E-state index in [1.165, 1.54) is 25.3 Å². The third-order valence-electron chi connectivity index (χ3n) is 3.58. The van der Waals surface area contributed by atoms with Crippen molar-refractivity contribution >= 4 is 5.96 Å². The Balaban J connectivity index is 1.92. The molecule has 0 amide bonds. The molecule has 2 rings (SSSR count). The van der Waals surface area contributed by atoms with Gasteiger partial charge in [-0.3, -0.25) is 0 Å². The molecule has 2 N–H and O–H groups in total. The summed E-state index contributed by atoms with van der Waals surface area (Å²) >= 11 is 0. The summed E-state index contributed by atoms with van der Waals surface area (Å²) in [5, 5.41) is 6.33. The highest BCUT2D eigenvalue weighted by atomic mass is 19.1. The minimum absolute atomic E-state index is 0.216. The van der Waals surface area contributed by atoms with E-state index in [1.807, 2.05) is 13.0 Å². The fourth-order valence-corrected chi connectivity index (χ4v) is 2.34. The highest BCUT2D eigenvalue weighted by Crippen LogP contribution is 2.18. The van der Waals surface area contributed by atoms with Crippen LogP contribution in [0.5, 0.6) is 5.75 Å². The second kappa shape index (κ2) is 9.61. The van der Waals surface area contributed by atoms with E-state index in [4.69, 9.17) is 4.74 Å². The number of nitrogens with zero attached hydrogens (tertiary/aromatic N) is 1. The normalized spacial score (nSPS) is 11.3. The van der Waals surface area contributed by atoms with Crippen LogP contribution in [0.1, 0.15) is 18.1 Å². The third kappa shape index (κ3) is 6.06. The number of rotatable bonds is 7. The van der Waals surface area contributed by atoms with E-state index in [0.29, 0.717) is 32.0 Å². The fourth-order valence-electron chi connectivity index (χ4n) is 2.34. The molecule has 0 saturated carbocycles. The SMILES string of the molecule is CCNC(=NCc1ccc(OC)c(F)c1)NCCc1cccc(F)c1. The Labute approximate surface area is 146 Å². The molecule has 0 saturated heterocycles. The van der Waals surface area contributed by atoms with E-state index < -0.39 is 5.82 Å². The van der Waals surface area contributed by atoms with Gasteiger partial charge in [-0.05, 0) is 48.7 Å². The van der Waals surface area contributed by atoms with Crippen LogP contribution in [0.3, 0.4) is 0 Å². The monoisotopic (exact) mass is 347 g/mol. The zero-order valence-electron chi connectivity index (χ0n) is 14.5. The molecule has 2 aromatic rings. The van der Waals surface area contributed by atoms with Gasteiger partial charge in [0.05, 0.1) is 13.7 Å². The lowest BCUT2D eigenvalue weighted by Gasteiger charge is -2.11. The zero-order chi connectivity index (χ0) is 18.1. The maximum Gasteiger partial charge on any atom is 0.191 e. The summed E-state index contributed by atoms with van der Waals surface area (Å²) in [7, 11) is 1.43. The van der Waals surface area contributed by atoms with Gasteiger partial charge in [-0.1, -0.05) is 18.2 Å². The predicted octanol–water partition coefficient (Wildman–Crippen LogP) is 3.27. The molecular formula is C19H23F2N3O. The van der Waals surface area contributed by atoms with Gasteiger partial charge in [-0.15, -0.1) is 0 Å². The Morgan fingerprint density at radius 1 is 1.08 bits per heavy atom. The summed E-state index contributed by atoms with van der Waals surface area (Å²) in [4.78, 5) is 4.44. The maximum atomic E-state index is 13.7. The first-order valence-electron chi connectivity index (χ1n) is 8.21. The summed E-state index contributed by atoms with van der Waals surface area (Å²) in [5.74, 6) is 0.210. The number of methoxy groups -OCH3 is 1. The summed E-state index contributed by atoms with van der Waals surface area (Å²) in [6.45, 7) is 3.64. The minimum Gasteiger partial charge on any atom is -0.494 e. The number of halogens is 2. The Morgan fingerprint density at radius 2 is 1.92 bits per heavy atom. The summed E-state index contributed by atoms with van der Waals surface area (Å²) in [6.07, 6.45) is 0.680. The number of nitrogens with one attached hydrogen (secondary N) is 2. The molecule has 0 fully saturated rings. The van der Waals surface area contributed by atoms with Crippen molar-refractivity contribution in [3.8, 4) is 5.75 Å². The lowest BCUT2D eigenvalue weighted by Crippen LogP contribution is -2.38. The molecule has 134 valence electrons. The van der Waals surface area contributed by atoms with Crippen molar-refractivity contribution in [3.63, 3.8) is 0 Å². The Bertz CT molecular complexity index is 720. The quantitative estimate of drug-likeness (QED) is 0.597. The van der Waals surface area contributed by atoms with Crippen molar-refractivity contribution in [3.05, 3.63) is 65.2 Å². The maximum absolute atomic E-state index is 13.7. The summed E-state index contributed by atoms with van der Waals surface area (Å²) in [6, 6.07) is 11.3. The fraction of sp³-hybridized carbons (Fsp3) is 0.316. The van der Waals surface area contributed by atoms with E-state index in [1.54, 1.807) is 18.2 Å². The van der Waals surface area contributed by atoms with Crippen LogP contribution in [0, 0.1) is 11.6 Å². The molecule has 0 atom stereocenters. The number of hydrogen-bond acceptors (Lipinski definition) is 2. The van der Waals surface area contributed by atoms with Crippen LogP contribution >= 0.6 is 0 Å². The molecule has 4 nitrogen and oxygen atoms in total. The Hall–Kier alpha value is -2.63. The third-order valence-corrected chi connectivity index (χ3v) is 3.58. The molecule has 0 aliphatic rings. The topological polar surface area (TPSA) is 45.7 Å². The highest BCUT2D eigenvalue weighted by molar-refractivity contribution is 5.79. The van der Waals surface area contributed by atoms with Crippen molar-refractivity contribution in [2.75, 3.05) is 20.2 Å². The van der Waals surface area contributed by atoms with Gasteiger partial charge in [0.1, 0.15) is 5.82 Å². The number of aliphatic imine (C=N–C) groups is 1. The van der Waals surface area contributed by atoms with Crippen molar-refractivity contribution in [1.29, 1.82) is 0 Å². The zero-order valence-corrected chi connectivity index (χ0v) is 14.5. The van der Waals surface area contributed by atoms with Crippen LogP contribution in [-0.2, 0) is 13.0 Å². The van der Waals surface area contributed by atoms with Gasteiger partial charge in [0.2, 0.25) is 0 Å². The summed E-state index contributed by atoms with van der Waals surface area (Å²) < 4.78 is 31.8. The van der Waals surface area contributed by atoms with Crippen LogP contribution in [0.2, 0.25) is 0 Å². The van der Waals surface area contributed by atoms with Crippen molar-refractivity contribution < 1.29 is 13.5 Å². The molecule has 0 aliphatic carbocycles.